The lowest BCUT2D eigenvalue weighted by Gasteiger charge is -2.08. The molecule has 0 aliphatic rings. The number of halogens is 1. The number of rotatable bonds is 8. The van der Waals surface area contributed by atoms with Gasteiger partial charge in [-0.3, -0.25) is 9.52 Å². The molecule has 0 unspecified atom stereocenters. The standard InChI is InChI=1S/C20H17ClN2O5S2/c21-17-10-11-19(29-17)30(26,27)23-16-8-6-15(7-9-16)20(25)28-13-18(24)22-12-14-4-2-1-3-5-14/h1-11,23H,12-13H2,(H,22,24). The summed E-state index contributed by atoms with van der Waals surface area (Å²) in [5.74, 6) is -1.12. The second-order valence-corrected chi connectivity index (χ2v) is 9.70. The van der Waals surface area contributed by atoms with E-state index in [0.29, 0.717) is 10.9 Å². The predicted molar refractivity (Wildman–Crippen MR) is 115 cm³/mol. The van der Waals surface area contributed by atoms with Crippen LogP contribution in [-0.2, 0) is 26.1 Å². The van der Waals surface area contributed by atoms with Crippen molar-refractivity contribution in [1.82, 2.24) is 5.32 Å². The molecule has 2 N–H and O–H groups in total. The highest BCUT2D eigenvalue weighted by molar-refractivity contribution is 7.94. The lowest BCUT2D eigenvalue weighted by molar-refractivity contribution is -0.124. The second-order valence-electron chi connectivity index (χ2n) is 6.08. The monoisotopic (exact) mass is 464 g/mol. The van der Waals surface area contributed by atoms with E-state index in [4.69, 9.17) is 16.3 Å². The largest absolute Gasteiger partial charge is 0.452 e. The first-order valence-corrected chi connectivity index (χ1v) is 11.4. The molecule has 1 amide bonds. The Morgan fingerprint density at radius 2 is 1.67 bits per heavy atom. The fourth-order valence-corrected chi connectivity index (χ4v) is 4.93. The molecule has 0 saturated heterocycles. The summed E-state index contributed by atoms with van der Waals surface area (Å²) >= 11 is 6.71. The summed E-state index contributed by atoms with van der Waals surface area (Å²) in [6, 6.07) is 17.9. The number of amides is 1. The minimum atomic E-state index is -3.76. The molecule has 0 bridgehead atoms. The molecule has 3 rings (SSSR count). The number of ether oxygens (including phenoxy) is 1. The molecule has 1 heterocycles. The van der Waals surface area contributed by atoms with Crippen molar-refractivity contribution in [2.45, 2.75) is 10.8 Å². The molecule has 2 aromatic carbocycles. The van der Waals surface area contributed by atoms with E-state index in [0.717, 1.165) is 16.9 Å². The number of esters is 1. The van der Waals surface area contributed by atoms with Crippen molar-refractivity contribution >= 4 is 50.5 Å². The minimum absolute atomic E-state index is 0.0810. The zero-order valence-corrected chi connectivity index (χ0v) is 17.9. The van der Waals surface area contributed by atoms with E-state index < -0.39 is 28.5 Å². The number of carbonyl (C=O) groups excluding carboxylic acids is 2. The van der Waals surface area contributed by atoms with Crippen LogP contribution in [-0.4, -0.2) is 26.9 Å². The van der Waals surface area contributed by atoms with E-state index in [1.54, 1.807) is 0 Å². The van der Waals surface area contributed by atoms with Crippen molar-refractivity contribution in [3.05, 3.63) is 82.2 Å². The number of sulfonamides is 1. The molecule has 0 radical (unpaired) electrons. The van der Waals surface area contributed by atoms with Crippen molar-refractivity contribution in [1.29, 1.82) is 0 Å². The van der Waals surface area contributed by atoms with Gasteiger partial charge in [-0.15, -0.1) is 11.3 Å². The van der Waals surface area contributed by atoms with Crippen LogP contribution >= 0.6 is 22.9 Å². The third-order valence-corrected chi connectivity index (χ3v) is 6.96. The maximum absolute atomic E-state index is 12.3. The van der Waals surface area contributed by atoms with Gasteiger partial charge in [0.25, 0.3) is 15.9 Å². The fourth-order valence-electron chi connectivity index (χ4n) is 2.38. The molecule has 0 atom stereocenters. The van der Waals surface area contributed by atoms with E-state index in [1.165, 1.54) is 36.4 Å². The fraction of sp³-hybridized carbons (Fsp3) is 0.100. The molecule has 0 saturated carbocycles. The lowest BCUT2D eigenvalue weighted by atomic mass is 10.2. The Morgan fingerprint density at radius 1 is 0.967 bits per heavy atom. The number of nitrogens with one attached hydrogen (secondary N) is 2. The highest BCUT2D eigenvalue weighted by Crippen LogP contribution is 2.27. The van der Waals surface area contributed by atoms with Crippen molar-refractivity contribution in [2.75, 3.05) is 11.3 Å². The average Bonchev–Trinajstić information content (AvgIpc) is 3.19. The van der Waals surface area contributed by atoms with Crippen LogP contribution in [0.3, 0.4) is 0 Å². The molecular weight excluding hydrogens is 448 g/mol. The van der Waals surface area contributed by atoms with Crippen LogP contribution in [0.4, 0.5) is 5.69 Å². The molecule has 1 aromatic heterocycles. The molecule has 30 heavy (non-hydrogen) atoms. The Hall–Kier alpha value is -2.88. The van der Waals surface area contributed by atoms with Crippen LogP contribution < -0.4 is 10.0 Å². The average molecular weight is 465 g/mol. The van der Waals surface area contributed by atoms with Gasteiger partial charge in [0, 0.05) is 12.2 Å². The Bertz CT molecular complexity index is 1130. The van der Waals surface area contributed by atoms with Crippen molar-refractivity contribution in [3.63, 3.8) is 0 Å². The van der Waals surface area contributed by atoms with Crippen LogP contribution in [0.15, 0.2) is 70.9 Å². The highest BCUT2D eigenvalue weighted by atomic mass is 35.5. The number of benzene rings is 2. The molecule has 10 heteroatoms. The SMILES string of the molecule is O=C(COC(=O)c1ccc(NS(=O)(=O)c2ccc(Cl)s2)cc1)NCc1ccccc1. The molecule has 0 aliphatic carbocycles. The topological polar surface area (TPSA) is 102 Å². The second kappa shape index (κ2) is 9.75. The van der Waals surface area contributed by atoms with E-state index in [1.807, 2.05) is 30.3 Å². The predicted octanol–water partition coefficient (Wildman–Crippen LogP) is 3.68. The number of anilines is 1. The Labute approximate surface area is 182 Å². The molecule has 0 aliphatic heterocycles. The van der Waals surface area contributed by atoms with Crippen LogP contribution in [0.1, 0.15) is 15.9 Å². The van der Waals surface area contributed by atoms with Gasteiger partial charge >= 0.3 is 5.97 Å². The van der Waals surface area contributed by atoms with Gasteiger partial charge in [0.2, 0.25) is 0 Å². The summed E-state index contributed by atoms with van der Waals surface area (Å²) in [7, 11) is -3.76. The zero-order valence-electron chi connectivity index (χ0n) is 15.5. The Balaban J connectivity index is 1.50. The molecular formula is C20H17ClN2O5S2. The summed E-state index contributed by atoms with van der Waals surface area (Å²) < 4.78 is 32.4. The molecule has 7 nitrogen and oxygen atoms in total. The summed E-state index contributed by atoms with van der Waals surface area (Å²) in [5, 5.41) is 2.66. The van der Waals surface area contributed by atoms with Gasteiger partial charge in [0.05, 0.1) is 9.90 Å². The van der Waals surface area contributed by atoms with Gasteiger partial charge in [0.1, 0.15) is 4.21 Å². The van der Waals surface area contributed by atoms with E-state index in [-0.39, 0.29) is 15.5 Å². The summed E-state index contributed by atoms with van der Waals surface area (Å²) in [5.41, 5.74) is 1.39. The molecule has 3 aromatic rings. The van der Waals surface area contributed by atoms with Crippen LogP contribution in [0, 0.1) is 0 Å². The van der Waals surface area contributed by atoms with E-state index >= 15 is 0 Å². The summed E-state index contributed by atoms with van der Waals surface area (Å²) in [6.45, 7) is -0.0826. The number of hydrogen-bond donors (Lipinski definition) is 2. The van der Waals surface area contributed by atoms with E-state index in [2.05, 4.69) is 10.0 Å². The van der Waals surface area contributed by atoms with Crippen LogP contribution in [0.25, 0.3) is 0 Å². The third-order valence-electron chi connectivity index (χ3n) is 3.85. The Morgan fingerprint density at radius 3 is 2.30 bits per heavy atom. The number of hydrogen-bond acceptors (Lipinski definition) is 6. The zero-order chi connectivity index (χ0) is 21.6. The number of carbonyl (C=O) groups is 2. The highest BCUT2D eigenvalue weighted by Gasteiger charge is 2.17. The smallest absolute Gasteiger partial charge is 0.338 e. The van der Waals surface area contributed by atoms with Crippen LogP contribution in [0.2, 0.25) is 4.34 Å². The van der Waals surface area contributed by atoms with Gasteiger partial charge in [-0.1, -0.05) is 41.9 Å². The van der Waals surface area contributed by atoms with Gasteiger partial charge in [0.15, 0.2) is 6.61 Å². The third kappa shape index (κ3) is 6.06. The first-order valence-electron chi connectivity index (χ1n) is 8.69. The normalized spacial score (nSPS) is 11.0. The van der Waals surface area contributed by atoms with Gasteiger partial charge in [-0.2, -0.15) is 0 Å². The lowest BCUT2D eigenvalue weighted by Crippen LogP contribution is -2.28. The quantitative estimate of drug-likeness (QED) is 0.495. The maximum atomic E-state index is 12.3. The molecule has 0 spiro atoms. The number of thiophene rings is 1. The maximum Gasteiger partial charge on any atom is 0.338 e. The van der Waals surface area contributed by atoms with Gasteiger partial charge in [-0.05, 0) is 42.0 Å². The van der Waals surface area contributed by atoms with Gasteiger partial charge in [-0.25, -0.2) is 13.2 Å². The Kier molecular flexibility index (Phi) is 7.09. The van der Waals surface area contributed by atoms with Crippen LogP contribution in [0.5, 0.6) is 0 Å². The molecule has 0 fully saturated rings. The van der Waals surface area contributed by atoms with Crippen molar-refractivity contribution in [2.24, 2.45) is 0 Å². The van der Waals surface area contributed by atoms with Crippen molar-refractivity contribution < 1.29 is 22.7 Å². The van der Waals surface area contributed by atoms with Crippen molar-refractivity contribution in [3.8, 4) is 0 Å². The minimum Gasteiger partial charge on any atom is -0.452 e. The summed E-state index contributed by atoms with van der Waals surface area (Å²) in [6.07, 6.45) is 0. The first kappa shape index (κ1) is 21.8. The van der Waals surface area contributed by atoms with Gasteiger partial charge < -0.3 is 10.1 Å². The summed E-state index contributed by atoms with van der Waals surface area (Å²) in [4.78, 5) is 23.9. The molecule has 156 valence electrons. The van der Waals surface area contributed by atoms with E-state index in [9.17, 15) is 18.0 Å². The first-order chi connectivity index (χ1) is 14.3.